The van der Waals surface area contributed by atoms with Gasteiger partial charge in [0.05, 0.1) is 13.0 Å². The summed E-state index contributed by atoms with van der Waals surface area (Å²) in [5, 5.41) is 2.61. The van der Waals surface area contributed by atoms with Crippen LogP contribution in [-0.4, -0.2) is 30.8 Å². The minimum atomic E-state index is -0.495. The Hall–Kier alpha value is -1.52. The van der Waals surface area contributed by atoms with Crippen LogP contribution in [0.5, 0.6) is 0 Å². The summed E-state index contributed by atoms with van der Waals surface area (Å²) in [5.74, 6) is -0.126. The zero-order valence-electron chi connectivity index (χ0n) is 12.5. The highest BCUT2D eigenvalue weighted by Gasteiger charge is 2.15. The first kappa shape index (κ1) is 17.5. The lowest BCUT2D eigenvalue weighted by Crippen LogP contribution is -2.32. The largest absolute Gasteiger partial charge is 0.466 e. The number of ether oxygens (including phenoxy) is 2. The van der Waals surface area contributed by atoms with Crippen molar-refractivity contribution in [2.45, 2.75) is 46.6 Å². The number of rotatable bonds is 6. The van der Waals surface area contributed by atoms with Crippen LogP contribution in [0.15, 0.2) is 12.2 Å². The molecular formula is C14H25NO4. The molecule has 0 spiro atoms. The number of amides is 1. The number of alkyl carbamates (subject to hydrolysis) is 1. The van der Waals surface area contributed by atoms with Crippen LogP contribution in [0.3, 0.4) is 0 Å². The molecule has 0 saturated heterocycles. The quantitative estimate of drug-likeness (QED) is 0.596. The Labute approximate surface area is 115 Å². The molecule has 0 radical (unpaired) electrons. The zero-order chi connectivity index (χ0) is 14.9. The van der Waals surface area contributed by atoms with Crippen molar-refractivity contribution in [2.75, 3.05) is 13.2 Å². The first-order valence-electron chi connectivity index (χ1n) is 6.53. The molecule has 1 unspecified atom stereocenters. The van der Waals surface area contributed by atoms with E-state index in [4.69, 9.17) is 9.47 Å². The van der Waals surface area contributed by atoms with E-state index in [0.29, 0.717) is 19.6 Å². The number of nitrogens with one attached hydrogen (secondary N) is 1. The van der Waals surface area contributed by atoms with Gasteiger partial charge in [-0.05, 0) is 33.6 Å². The average Bonchev–Trinajstić information content (AvgIpc) is 2.22. The SMILES string of the molecule is CCOC(=O)CC(C)/C=C\CNC(=O)OC(C)(C)C. The third kappa shape index (κ3) is 11.3. The predicted octanol–water partition coefficient (Wildman–Crippen LogP) is 2.66. The first-order valence-corrected chi connectivity index (χ1v) is 6.53. The maximum Gasteiger partial charge on any atom is 0.407 e. The van der Waals surface area contributed by atoms with E-state index < -0.39 is 11.7 Å². The fourth-order valence-corrected chi connectivity index (χ4v) is 1.31. The van der Waals surface area contributed by atoms with Gasteiger partial charge in [0, 0.05) is 6.54 Å². The fourth-order valence-electron chi connectivity index (χ4n) is 1.31. The number of esters is 1. The Kier molecular flexibility index (Phi) is 7.87. The summed E-state index contributed by atoms with van der Waals surface area (Å²) >= 11 is 0. The maximum absolute atomic E-state index is 11.3. The molecule has 110 valence electrons. The van der Waals surface area contributed by atoms with E-state index >= 15 is 0 Å². The van der Waals surface area contributed by atoms with Gasteiger partial charge < -0.3 is 14.8 Å². The Balaban J connectivity index is 3.84. The summed E-state index contributed by atoms with van der Waals surface area (Å²) in [6.45, 7) is 9.90. The van der Waals surface area contributed by atoms with Gasteiger partial charge in [-0.15, -0.1) is 0 Å². The minimum absolute atomic E-state index is 0.0829. The molecule has 0 heterocycles. The van der Waals surface area contributed by atoms with Crippen molar-refractivity contribution in [3.05, 3.63) is 12.2 Å². The molecule has 0 aliphatic heterocycles. The van der Waals surface area contributed by atoms with Gasteiger partial charge in [-0.1, -0.05) is 19.1 Å². The van der Waals surface area contributed by atoms with Crippen LogP contribution in [0.4, 0.5) is 4.79 Å². The van der Waals surface area contributed by atoms with Gasteiger partial charge in [0.15, 0.2) is 0 Å². The highest BCUT2D eigenvalue weighted by Crippen LogP contribution is 2.07. The molecule has 0 aromatic carbocycles. The molecule has 0 aliphatic carbocycles. The first-order chi connectivity index (χ1) is 8.74. The van der Waals surface area contributed by atoms with Crippen molar-refractivity contribution in [2.24, 2.45) is 5.92 Å². The average molecular weight is 271 g/mol. The molecule has 1 atom stereocenters. The van der Waals surface area contributed by atoms with Crippen LogP contribution in [0.25, 0.3) is 0 Å². The van der Waals surface area contributed by atoms with Gasteiger partial charge in [0.2, 0.25) is 0 Å². The van der Waals surface area contributed by atoms with E-state index in [1.54, 1.807) is 13.0 Å². The molecule has 0 aliphatic rings. The van der Waals surface area contributed by atoms with Crippen LogP contribution in [0.2, 0.25) is 0 Å². The second-order valence-corrected chi connectivity index (χ2v) is 5.30. The Morgan fingerprint density at radius 1 is 1.32 bits per heavy atom. The van der Waals surface area contributed by atoms with Gasteiger partial charge in [0.1, 0.15) is 5.60 Å². The Morgan fingerprint density at radius 3 is 2.47 bits per heavy atom. The molecule has 0 aromatic rings. The van der Waals surface area contributed by atoms with Crippen LogP contribution >= 0.6 is 0 Å². The molecule has 5 heteroatoms. The summed E-state index contributed by atoms with van der Waals surface area (Å²) in [7, 11) is 0. The molecule has 0 rings (SSSR count). The third-order valence-electron chi connectivity index (χ3n) is 2.02. The molecular weight excluding hydrogens is 246 g/mol. The zero-order valence-corrected chi connectivity index (χ0v) is 12.5. The van der Waals surface area contributed by atoms with E-state index in [2.05, 4.69) is 5.32 Å². The molecule has 0 fully saturated rings. The molecule has 1 N–H and O–H groups in total. The molecule has 19 heavy (non-hydrogen) atoms. The number of hydrogen-bond donors (Lipinski definition) is 1. The van der Waals surface area contributed by atoms with Crippen molar-refractivity contribution in [1.82, 2.24) is 5.32 Å². The fraction of sp³-hybridized carbons (Fsp3) is 0.714. The lowest BCUT2D eigenvalue weighted by atomic mass is 10.1. The minimum Gasteiger partial charge on any atom is -0.466 e. The van der Waals surface area contributed by atoms with Gasteiger partial charge in [-0.2, -0.15) is 0 Å². The van der Waals surface area contributed by atoms with Crippen LogP contribution in [0.1, 0.15) is 41.0 Å². The van der Waals surface area contributed by atoms with E-state index in [9.17, 15) is 9.59 Å². The number of carbonyl (C=O) groups is 2. The highest BCUT2D eigenvalue weighted by molar-refractivity contribution is 5.70. The Morgan fingerprint density at radius 2 is 1.95 bits per heavy atom. The highest BCUT2D eigenvalue weighted by atomic mass is 16.6. The second kappa shape index (κ2) is 8.56. The summed E-state index contributed by atoms with van der Waals surface area (Å²) < 4.78 is 9.93. The molecule has 1 amide bonds. The van der Waals surface area contributed by atoms with E-state index in [-0.39, 0.29) is 11.9 Å². The van der Waals surface area contributed by atoms with Gasteiger partial charge >= 0.3 is 12.1 Å². The van der Waals surface area contributed by atoms with Crippen molar-refractivity contribution in [3.63, 3.8) is 0 Å². The van der Waals surface area contributed by atoms with Crippen molar-refractivity contribution >= 4 is 12.1 Å². The summed E-state index contributed by atoms with van der Waals surface area (Å²) in [4.78, 5) is 22.5. The smallest absolute Gasteiger partial charge is 0.407 e. The normalized spacial score (nSPS) is 13.1. The molecule has 0 aromatic heterocycles. The molecule has 0 saturated carbocycles. The monoisotopic (exact) mass is 271 g/mol. The third-order valence-corrected chi connectivity index (χ3v) is 2.02. The van der Waals surface area contributed by atoms with Crippen molar-refractivity contribution < 1.29 is 19.1 Å². The van der Waals surface area contributed by atoms with Gasteiger partial charge in [-0.3, -0.25) is 4.79 Å². The standard InChI is InChI=1S/C14H25NO4/c1-6-18-12(16)10-11(2)8-7-9-15-13(17)19-14(3,4)5/h7-8,11H,6,9-10H2,1-5H3,(H,15,17)/b8-7-. The molecule has 0 bridgehead atoms. The van der Waals surface area contributed by atoms with Crippen molar-refractivity contribution in [1.29, 1.82) is 0 Å². The van der Waals surface area contributed by atoms with Crippen LogP contribution in [-0.2, 0) is 14.3 Å². The van der Waals surface area contributed by atoms with E-state index in [1.165, 1.54) is 0 Å². The van der Waals surface area contributed by atoms with E-state index in [0.717, 1.165) is 0 Å². The number of hydrogen-bond acceptors (Lipinski definition) is 4. The van der Waals surface area contributed by atoms with Crippen LogP contribution < -0.4 is 5.32 Å². The molecule has 5 nitrogen and oxygen atoms in total. The van der Waals surface area contributed by atoms with E-state index in [1.807, 2.05) is 33.8 Å². The lowest BCUT2D eigenvalue weighted by molar-refractivity contribution is -0.143. The topological polar surface area (TPSA) is 64.6 Å². The van der Waals surface area contributed by atoms with Crippen molar-refractivity contribution in [3.8, 4) is 0 Å². The predicted molar refractivity (Wildman–Crippen MR) is 73.8 cm³/mol. The second-order valence-electron chi connectivity index (χ2n) is 5.30. The summed E-state index contributed by atoms with van der Waals surface area (Å²) in [5.41, 5.74) is -0.495. The number of carbonyl (C=O) groups excluding carboxylic acids is 2. The van der Waals surface area contributed by atoms with Gasteiger partial charge in [-0.25, -0.2) is 4.79 Å². The summed E-state index contributed by atoms with van der Waals surface area (Å²) in [6, 6.07) is 0. The summed E-state index contributed by atoms with van der Waals surface area (Å²) in [6.07, 6.45) is 3.56. The Bertz CT molecular complexity index is 318. The van der Waals surface area contributed by atoms with Gasteiger partial charge in [0.25, 0.3) is 0 Å². The lowest BCUT2D eigenvalue weighted by Gasteiger charge is -2.19. The van der Waals surface area contributed by atoms with Crippen LogP contribution in [0, 0.1) is 5.92 Å². The number of allylic oxidation sites excluding steroid dienone is 1. The maximum atomic E-state index is 11.3.